The topological polar surface area (TPSA) is 90.1 Å². The minimum Gasteiger partial charge on any atom is -0.348 e. The summed E-state index contributed by atoms with van der Waals surface area (Å²) in [5.74, 6) is -0.360. The Morgan fingerprint density at radius 2 is 1.79 bits per heavy atom. The summed E-state index contributed by atoms with van der Waals surface area (Å²) in [4.78, 5) is 22.8. The van der Waals surface area contributed by atoms with Gasteiger partial charge in [-0.1, -0.05) is 59.9 Å². The van der Waals surface area contributed by atoms with Gasteiger partial charge in [0.15, 0.2) is 0 Å². The van der Waals surface area contributed by atoms with Crippen LogP contribution in [-0.4, -0.2) is 20.6 Å². The zero-order valence-electron chi connectivity index (χ0n) is 15.2. The summed E-state index contributed by atoms with van der Waals surface area (Å²) in [6.07, 6.45) is 1.88. The number of nitrogens with one attached hydrogen (secondary N) is 1. The standard InChI is InChI=1S/C21H16N4O3S/c26-21(16-11-19(25(27)28)29-14-16)22-12-17-13-24(18-9-5-2-6-10-18)23-20(17)15-7-3-1-4-8-15/h1-11,13-14H,12H2,(H,22,26). The molecule has 0 aliphatic heterocycles. The molecule has 8 heteroatoms. The Kier molecular flexibility index (Phi) is 5.17. The molecule has 1 N–H and O–H groups in total. The Bertz CT molecular complexity index is 1150. The summed E-state index contributed by atoms with van der Waals surface area (Å²) in [6.45, 7) is 0.250. The third-order valence-electron chi connectivity index (χ3n) is 4.33. The van der Waals surface area contributed by atoms with Crippen molar-refractivity contribution < 1.29 is 9.72 Å². The van der Waals surface area contributed by atoms with Crippen LogP contribution in [0.3, 0.4) is 0 Å². The van der Waals surface area contributed by atoms with Crippen molar-refractivity contribution >= 4 is 22.2 Å². The number of rotatable bonds is 6. The number of amides is 1. The van der Waals surface area contributed by atoms with Crippen LogP contribution in [0.5, 0.6) is 0 Å². The van der Waals surface area contributed by atoms with Crippen molar-refractivity contribution in [3.05, 3.63) is 99.5 Å². The van der Waals surface area contributed by atoms with Crippen LogP contribution in [0.25, 0.3) is 16.9 Å². The Morgan fingerprint density at radius 1 is 1.10 bits per heavy atom. The van der Waals surface area contributed by atoms with Gasteiger partial charge in [-0.3, -0.25) is 14.9 Å². The summed E-state index contributed by atoms with van der Waals surface area (Å²) >= 11 is 0.933. The number of nitro groups is 1. The first-order chi connectivity index (χ1) is 14.1. The van der Waals surface area contributed by atoms with Crippen molar-refractivity contribution in [2.45, 2.75) is 6.54 Å². The molecule has 4 aromatic rings. The van der Waals surface area contributed by atoms with Crippen LogP contribution in [0, 0.1) is 10.1 Å². The minimum atomic E-state index is -0.501. The third-order valence-corrected chi connectivity index (χ3v) is 5.21. The summed E-state index contributed by atoms with van der Waals surface area (Å²) in [7, 11) is 0. The fourth-order valence-corrected chi connectivity index (χ4v) is 3.61. The Hall–Kier alpha value is -3.78. The molecule has 0 unspecified atom stereocenters. The lowest BCUT2D eigenvalue weighted by Gasteiger charge is -2.04. The molecule has 0 fully saturated rings. The van der Waals surface area contributed by atoms with Crippen molar-refractivity contribution in [3.8, 4) is 16.9 Å². The molecule has 0 aliphatic carbocycles. The lowest BCUT2D eigenvalue weighted by Crippen LogP contribution is -2.22. The van der Waals surface area contributed by atoms with Crippen LogP contribution >= 0.6 is 11.3 Å². The van der Waals surface area contributed by atoms with Crippen molar-refractivity contribution in [2.24, 2.45) is 0 Å². The van der Waals surface area contributed by atoms with E-state index in [0.29, 0.717) is 0 Å². The molecule has 7 nitrogen and oxygen atoms in total. The lowest BCUT2D eigenvalue weighted by molar-refractivity contribution is -0.380. The quantitative estimate of drug-likeness (QED) is 0.380. The number of nitrogens with zero attached hydrogens (tertiary/aromatic N) is 3. The average molecular weight is 404 g/mol. The highest BCUT2D eigenvalue weighted by molar-refractivity contribution is 7.13. The van der Waals surface area contributed by atoms with Gasteiger partial charge in [-0.15, -0.1) is 0 Å². The van der Waals surface area contributed by atoms with E-state index in [1.807, 2.05) is 66.9 Å². The van der Waals surface area contributed by atoms with Gasteiger partial charge >= 0.3 is 5.00 Å². The predicted octanol–water partition coefficient (Wildman–Crippen LogP) is 4.44. The van der Waals surface area contributed by atoms with E-state index >= 15 is 0 Å². The number of carbonyl (C=O) groups excluding carboxylic acids is 1. The van der Waals surface area contributed by atoms with Gasteiger partial charge in [0.1, 0.15) is 0 Å². The third kappa shape index (κ3) is 4.07. The molecule has 0 atom stereocenters. The van der Waals surface area contributed by atoms with E-state index in [9.17, 15) is 14.9 Å². The fourth-order valence-electron chi connectivity index (χ4n) is 2.91. The lowest BCUT2D eigenvalue weighted by atomic mass is 10.1. The smallest absolute Gasteiger partial charge is 0.324 e. The SMILES string of the molecule is O=C(NCc1cn(-c2ccccc2)nc1-c1ccccc1)c1csc([N+](=O)[O-])c1. The normalized spacial score (nSPS) is 10.6. The van der Waals surface area contributed by atoms with Gasteiger partial charge < -0.3 is 5.32 Å². The molecule has 29 heavy (non-hydrogen) atoms. The number of para-hydroxylation sites is 1. The largest absolute Gasteiger partial charge is 0.348 e. The zero-order valence-corrected chi connectivity index (χ0v) is 16.0. The molecule has 144 valence electrons. The van der Waals surface area contributed by atoms with Crippen LogP contribution in [0.4, 0.5) is 5.00 Å². The Balaban J connectivity index is 1.60. The molecular formula is C21H16N4O3S. The van der Waals surface area contributed by atoms with E-state index in [4.69, 9.17) is 5.10 Å². The number of carbonyl (C=O) groups is 1. The first-order valence-corrected chi connectivity index (χ1v) is 9.70. The number of hydrogen-bond acceptors (Lipinski definition) is 5. The van der Waals surface area contributed by atoms with Gasteiger partial charge in [0.05, 0.1) is 21.9 Å². The molecule has 0 saturated carbocycles. The van der Waals surface area contributed by atoms with E-state index in [1.165, 1.54) is 11.4 Å². The molecule has 0 spiro atoms. The van der Waals surface area contributed by atoms with Crippen LogP contribution < -0.4 is 5.32 Å². The summed E-state index contributed by atoms with van der Waals surface area (Å²) in [5.41, 5.74) is 3.75. The van der Waals surface area contributed by atoms with Crippen molar-refractivity contribution in [1.82, 2.24) is 15.1 Å². The highest BCUT2D eigenvalue weighted by Crippen LogP contribution is 2.25. The van der Waals surface area contributed by atoms with Gasteiger partial charge in [0, 0.05) is 35.3 Å². The van der Waals surface area contributed by atoms with E-state index < -0.39 is 4.92 Å². The fraction of sp³-hybridized carbons (Fsp3) is 0.0476. The summed E-state index contributed by atoms with van der Waals surface area (Å²) in [6, 6.07) is 20.7. The molecule has 2 heterocycles. The summed E-state index contributed by atoms with van der Waals surface area (Å²) in [5, 5.41) is 19.8. The molecule has 0 aliphatic rings. The van der Waals surface area contributed by atoms with Crippen molar-refractivity contribution in [2.75, 3.05) is 0 Å². The van der Waals surface area contributed by atoms with Crippen LogP contribution in [-0.2, 0) is 6.54 Å². The van der Waals surface area contributed by atoms with Crippen LogP contribution in [0.2, 0.25) is 0 Å². The van der Waals surface area contributed by atoms with Gasteiger partial charge in [0.2, 0.25) is 0 Å². The number of hydrogen-bond donors (Lipinski definition) is 1. The first-order valence-electron chi connectivity index (χ1n) is 8.82. The van der Waals surface area contributed by atoms with Gasteiger partial charge in [0.25, 0.3) is 5.91 Å². The van der Waals surface area contributed by atoms with E-state index in [0.717, 1.165) is 33.8 Å². The second-order valence-electron chi connectivity index (χ2n) is 6.26. The predicted molar refractivity (Wildman–Crippen MR) is 111 cm³/mol. The van der Waals surface area contributed by atoms with E-state index in [1.54, 1.807) is 4.68 Å². The van der Waals surface area contributed by atoms with Crippen molar-refractivity contribution in [3.63, 3.8) is 0 Å². The Morgan fingerprint density at radius 3 is 2.45 bits per heavy atom. The molecular weight excluding hydrogens is 388 g/mol. The van der Waals surface area contributed by atoms with E-state index in [-0.39, 0.29) is 23.0 Å². The molecule has 2 aromatic carbocycles. The highest BCUT2D eigenvalue weighted by atomic mass is 32.1. The molecule has 1 amide bonds. The van der Waals surface area contributed by atoms with E-state index in [2.05, 4.69) is 5.32 Å². The maximum absolute atomic E-state index is 12.4. The minimum absolute atomic E-state index is 0.0583. The highest BCUT2D eigenvalue weighted by Gasteiger charge is 2.17. The monoisotopic (exact) mass is 404 g/mol. The average Bonchev–Trinajstić information content (AvgIpc) is 3.41. The molecule has 0 radical (unpaired) electrons. The van der Waals surface area contributed by atoms with Gasteiger partial charge in [-0.2, -0.15) is 5.10 Å². The molecule has 0 bridgehead atoms. The second kappa shape index (κ2) is 8.07. The van der Waals surface area contributed by atoms with Crippen LogP contribution in [0.1, 0.15) is 15.9 Å². The Labute approximate surface area is 170 Å². The van der Waals surface area contributed by atoms with Crippen molar-refractivity contribution in [1.29, 1.82) is 0 Å². The summed E-state index contributed by atoms with van der Waals surface area (Å²) < 4.78 is 1.78. The number of thiophene rings is 1. The van der Waals surface area contributed by atoms with Crippen LogP contribution in [0.15, 0.2) is 78.3 Å². The number of aromatic nitrogens is 2. The molecule has 4 rings (SSSR count). The second-order valence-corrected chi connectivity index (χ2v) is 7.15. The maximum Gasteiger partial charge on any atom is 0.324 e. The molecule has 0 saturated heterocycles. The van der Waals surface area contributed by atoms with Gasteiger partial charge in [-0.25, -0.2) is 4.68 Å². The van der Waals surface area contributed by atoms with Gasteiger partial charge in [-0.05, 0) is 12.1 Å². The maximum atomic E-state index is 12.4. The first kappa shape index (κ1) is 18.6. The molecule has 2 aromatic heterocycles. The number of benzene rings is 2. The zero-order chi connectivity index (χ0) is 20.2.